The predicted molar refractivity (Wildman–Crippen MR) is 109 cm³/mol. The summed E-state index contributed by atoms with van der Waals surface area (Å²) < 4.78 is 21.0. The highest BCUT2D eigenvalue weighted by Gasteiger charge is 2.21. The number of rotatable bonds is 8. The van der Waals surface area contributed by atoms with Crippen LogP contribution in [0.1, 0.15) is 44.3 Å². The van der Waals surface area contributed by atoms with Crippen molar-refractivity contribution in [3.63, 3.8) is 0 Å². The average molecular weight is 416 g/mol. The lowest BCUT2D eigenvalue weighted by molar-refractivity contribution is -0.384. The molecule has 152 valence electrons. The van der Waals surface area contributed by atoms with Crippen molar-refractivity contribution in [2.45, 2.75) is 43.8 Å². The fraction of sp³-hybridized carbons (Fsp3) is 0.300. The summed E-state index contributed by atoms with van der Waals surface area (Å²) in [6, 6.07) is 12.4. The third-order valence-corrected chi connectivity index (χ3v) is 5.23. The van der Waals surface area contributed by atoms with E-state index in [9.17, 15) is 14.5 Å². The van der Waals surface area contributed by atoms with Gasteiger partial charge < -0.3 is 9.30 Å². The van der Waals surface area contributed by atoms with Crippen LogP contribution in [0, 0.1) is 15.9 Å². The molecule has 0 amide bonds. The summed E-state index contributed by atoms with van der Waals surface area (Å²) in [7, 11) is 0. The fourth-order valence-corrected chi connectivity index (χ4v) is 3.81. The molecule has 0 bridgehead atoms. The van der Waals surface area contributed by atoms with E-state index in [-0.39, 0.29) is 23.7 Å². The minimum Gasteiger partial charge on any atom is -0.483 e. The Hall–Kier alpha value is -2.94. The van der Waals surface area contributed by atoms with Crippen LogP contribution in [-0.4, -0.2) is 19.7 Å². The molecule has 0 spiro atoms. The monoisotopic (exact) mass is 416 g/mol. The van der Waals surface area contributed by atoms with E-state index >= 15 is 0 Å². The zero-order valence-electron chi connectivity index (χ0n) is 16.3. The molecule has 0 aliphatic rings. The minimum absolute atomic E-state index is 0.0677. The van der Waals surface area contributed by atoms with Gasteiger partial charge in [-0.2, -0.15) is 0 Å². The number of nitro groups is 1. The average Bonchev–Trinajstić information content (AvgIpc) is 3.13. The molecule has 1 atom stereocenters. The van der Waals surface area contributed by atoms with Gasteiger partial charge in [0, 0.05) is 23.9 Å². The smallest absolute Gasteiger partial charge is 0.269 e. The Balaban J connectivity index is 1.73. The summed E-state index contributed by atoms with van der Waals surface area (Å²) in [5, 5.41) is 20.1. The zero-order chi connectivity index (χ0) is 21.0. The van der Waals surface area contributed by atoms with Crippen molar-refractivity contribution >= 4 is 17.4 Å². The number of thioether (sulfide) groups is 1. The highest BCUT2D eigenvalue weighted by atomic mass is 32.2. The van der Waals surface area contributed by atoms with E-state index in [4.69, 9.17) is 4.74 Å². The van der Waals surface area contributed by atoms with E-state index in [0.717, 1.165) is 10.7 Å². The van der Waals surface area contributed by atoms with Gasteiger partial charge in [-0.05, 0) is 50.6 Å². The summed E-state index contributed by atoms with van der Waals surface area (Å²) in [5.41, 5.74) is 1.02. The Morgan fingerprint density at radius 3 is 2.34 bits per heavy atom. The second-order valence-corrected chi connectivity index (χ2v) is 7.67. The highest BCUT2D eigenvalue weighted by molar-refractivity contribution is 7.98. The molecule has 3 aromatic rings. The number of hydrogen-bond acceptors (Lipinski definition) is 6. The van der Waals surface area contributed by atoms with Gasteiger partial charge in [0.1, 0.15) is 11.6 Å². The second-order valence-electron chi connectivity index (χ2n) is 6.73. The van der Waals surface area contributed by atoms with Crippen LogP contribution >= 0.6 is 11.8 Å². The summed E-state index contributed by atoms with van der Waals surface area (Å²) in [6.07, 6.45) is -0.371. The molecule has 0 saturated heterocycles. The SMILES string of the molecule is CC(Oc1ccc(F)cc1)c1nnc(SCc2ccc([N+](=O)[O-])cc2)n1C(C)C. The molecule has 0 aliphatic carbocycles. The van der Waals surface area contributed by atoms with Crippen molar-refractivity contribution in [1.82, 2.24) is 14.8 Å². The lowest BCUT2D eigenvalue weighted by Crippen LogP contribution is -2.14. The summed E-state index contributed by atoms with van der Waals surface area (Å²) in [6.45, 7) is 5.94. The van der Waals surface area contributed by atoms with Crippen molar-refractivity contribution in [3.8, 4) is 5.75 Å². The first-order valence-electron chi connectivity index (χ1n) is 9.08. The second kappa shape index (κ2) is 9.04. The third kappa shape index (κ3) is 5.11. The lowest BCUT2D eigenvalue weighted by atomic mass is 10.2. The molecule has 2 aromatic carbocycles. The van der Waals surface area contributed by atoms with Crippen LogP contribution < -0.4 is 4.74 Å². The molecule has 0 N–H and O–H groups in total. The summed E-state index contributed by atoms with van der Waals surface area (Å²) in [5.74, 6) is 1.52. The van der Waals surface area contributed by atoms with Crippen molar-refractivity contribution in [3.05, 3.63) is 75.9 Å². The number of non-ortho nitro benzene ring substituents is 1. The largest absolute Gasteiger partial charge is 0.483 e. The maximum absolute atomic E-state index is 13.1. The van der Waals surface area contributed by atoms with Gasteiger partial charge in [-0.15, -0.1) is 10.2 Å². The number of benzene rings is 2. The van der Waals surface area contributed by atoms with E-state index in [1.165, 1.54) is 36.0 Å². The number of ether oxygens (including phenoxy) is 1. The summed E-state index contributed by atoms with van der Waals surface area (Å²) >= 11 is 1.50. The van der Waals surface area contributed by atoms with Gasteiger partial charge in [-0.3, -0.25) is 10.1 Å². The molecule has 29 heavy (non-hydrogen) atoms. The van der Waals surface area contributed by atoms with E-state index in [0.29, 0.717) is 17.3 Å². The number of aromatic nitrogens is 3. The van der Waals surface area contributed by atoms with Crippen molar-refractivity contribution < 1.29 is 14.1 Å². The number of hydrogen-bond donors (Lipinski definition) is 0. The predicted octanol–water partition coefficient (Wildman–Crippen LogP) is 5.34. The van der Waals surface area contributed by atoms with Crippen LogP contribution in [0.2, 0.25) is 0 Å². The molecular weight excluding hydrogens is 395 g/mol. The topological polar surface area (TPSA) is 83.1 Å². The molecule has 1 unspecified atom stereocenters. The van der Waals surface area contributed by atoms with Crippen LogP contribution in [0.5, 0.6) is 5.75 Å². The van der Waals surface area contributed by atoms with Gasteiger partial charge in [0.25, 0.3) is 5.69 Å². The third-order valence-electron chi connectivity index (χ3n) is 4.21. The molecule has 0 saturated carbocycles. The number of nitrogens with zero attached hydrogens (tertiary/aromatic N) is 4. The highest BCUT2D eigenvalue weighted by Crippen LogP contribution is 2.29. The zero-order valence-corrected chi connectivity index (χ0v) is 17.1. The van der Waals surface area contributed by atoms with Crippen molar-refractivity contribution in [1.29, 1.82) is 0 Å². The van der Waals surface area contributed by atoms with Crippen LogP contribution in [0.3, 0.4) is 0 Å². The Kier molecular flexibility index (Phi) is 6.48. The molecule has 0 fully saturated rings. The van der Waals surface area contributed by atoms with Gasteiger partial charge in [0.15, 0.2) is 17.1 Å². The molecule has 1 aromatic heterocycles. The lowest BCUT2D eigenvalue weighted by Gasteiger charge is -2.19. The quantitative estimate of drug-likeness (QED) is 0.280. The molecule has 0 radical (unpaired) electrons. The molecule has 3 rings (SSSR count). The van der Waals surface area contributed by atoms with Gasteiger partial charge in [-0.25, -0.2) is 4.39 Å². The Morgan fingerprint density at radius 1 is 1.10 bits per heavy atom. The minimum atomic E-state index is -0.416. The van der Waals surface area contributed by atoms with Gasteiger partial charge >= 0.3 is 0 Å². The number of nitro benzene ring substituents is 1. The first kappa shape index (κ1) is 20.8. The first-order chi connectivity index (χ1) is 13.8. The van der Waals surface area contributed by atoms with Gasteiger partial charge in [0.2, 0.25) is 0 Å². The van der Waals surface area contributed by atoms with E-state index in [2.05, 4.69) is 10.2 Å². The maximum atomic E-state index is 13.1. The van der Waals surface area contributed by atoms with Crippen LogP contribution in [0.4, 0.5) is 10.1 Å². The van der Waals surface area contributed by atoms with Crippen molar-refractivity contribution in [2.75, 3.05) is 0 Å². The van der Waals surface area contributed by atoms with E-state index in [1.807, 2.05) is 25.3 Å². The molecular formula is C20H21FN4O3S. The normalized spacial score (nSPS) is 12.2. The van der Waals surface area contributed by atoms with Crippen LogP contribution in [-0.2, 0) is 5.75 Å². The van der Waals surface area contributed by atoms with Gasteiger partial charge in [-0.1, -0.05) is 23.9 Å². The van der Waals surface area contributed by atoms with E-state index in [1.54, 1.807) is 24.3 Å². The van der Waals surface area contributed by atoms with Crippen LogP contribution in [0.25, 0.3) is 0 Å². The summed E-state index contributed by atoms with van der Waals surface area (Å²) in [4.78, 5) is 10.4. The Labute approximate surface area is 172 Å². The Bertz CT molecular complexity index is 974. The number of halogens is 1. The van der Waals surface area contributed by atoms with Crippen molar-refractivity contribution in [2.24, 2.45) is 0 Å². The molecule has 1 heterocycles. The molecule has 0 aliphatic heterocycles. The fourth-order valence-electron chi connectivity index (χ4n) is 2.78. The van der Waals surface area contributed by atoms with Gasteiger partial charge in [0.05, 0.1) is 4.92 Å². The molecule has 9 heteroatoms. The Morgan fingerprint density at radius 2 is 1.76 bits per heavy atom. The molecule has 7 nitrogen and oxygen atoms in total. The van der Waals surface area contributed by atoms with E-state index < -0.39 is 4.92 Å². The maximum Gasteiger partial charge on any atom is 0.269 e. The first-order valence-corrected chi connectivity index (χ1v) is 10.1. The van der Waals surface area contributed by atoms with Crippen LogP contribution in [0.15, 0.2) is 53.7 Å². The standard InChI is InChI=1S/C20H21FN4O3S/c1-13(2)24-19(14(3)28-18-10-6-16(21)7-11-18)22-23-20(24)29-12-15-4-8-17(9-5-15)25(26)27/h4-11,13-14H,12H2,1-3H3.